The van der Waals surface area contributed by atoms with Gasteiger partial charge in [-0.05, 0) is 55.5 Å². The van der Waals surface area contributed by atoms with Crippen molar-refractivity contribution in [3.8, 4) is 6.07 Å². The largest absolute Gasteiger partial charge is 0.481 e. The van der Waals surface area contributed by atoms with Crippen LogP contribution in [0, 0.1) is 23.2 Å². The van der Waals surface area contributed by atoms with E-state index in [0.29, 0.717) is 29.1 Å². The van der Waals surface area contributed by atoms with Crippen LogP contribution in [-0.2, 0) is 33.9 Å². The van der Waals surface area contributed by atoms with Crippen LogP contribution in [0.5, 0.6) is 0 Å². The van der Waals surface area contributed by atoms with E-state index in [-0.39, 0.29) is 11.8 Å². The van der Waals surface area contributed by atoms with Gasteiger partial charge in [0.25, 0.3) is 0 Å². The SMILES string of the molecule is CC(Sc1cccc(NC(=O)C2CC=CCC2C(=O)O)c1)C(=O)Nc1sc2c(c1C#N)CCN(Cc1ccccc1)C2. The van der Waals surface area contributed by atoms with E-state index in [1.165, 1.54) is 28.7 Å². The number of hydrogen-bond donors (Lipinski definition) is 3. The topological polar surface area (TPSA) is 123 Å². The average Bonchev–Trinajstić information content (AvgIpc) is 3.33. The molecule has 2 heterocycles. The van der Waals surface area contributed by atoms with Crippen molar-refractivity contribution in [1.82, 2.24) is 4.90 Å². The number of nitriles is 1. The fourth-order valence-electron chi connectivity index (χ4n) is 5.37. The van der Waals surface area contributed by atoms with E-state index < -0.39 is 23.1 Å². The maximum atomic E-state index is 13.2. The van der Waals surface area contributed by atoms with Gasteiger partial charge in [0.1, 0.15) is 11.1 Å². The molecule has 8 nitrogen and oxygen atoms in total. The number of thiophene rings is 1. The van der Waals surface area contributed by atoms with Crippen molar-refractivity contribution in [3.63, 3.8) is 0 Å². The molecular weight excluding hydrogens is 569 g/mol. The fourth-order valence-corrected chi connectivity index (χ4v) is 7.54. The molecule has 10 heteroatoms. The zero-order valence-corrected chi connectivity index (χ0v) is 24.8. The zero-order chi connectivity index (χ0) is 29.6. The molecule has 3 aromatic rings. The van der Waals surface area contributed by atoms with Crippen LogP contribution in [0.1, 0.15) is 41.3 Å². The molecule has 2 amide bonds. The van der Waals surface area contributed by atoms with Gasteiger partial charge in [-0.15, -0.1) is 23.1 Å². The second kappa shape index (κ2) is 13.4. The van der Waals surface area contributed by atoms with E-state index in [1.807, 2.05) is 30.3 Å². The molecule has 1 aliphatic carbocycles. The summed E-state index contributed by atoms with van der Waals surface area (Å²) in [6.07, 6.45) is 5.14. The number of nitrogens with zero attached hydrogens (tertiary/aromatic N) is 2. The molecule has 1 aliphatic heterocycles. The van der Waals surface area contributed by atoms with Gasteiger partial charge in [0.15, 0.2) is 0 Å². The molecule has 0 fully saturated rings. The predicted octanol–water partition coefficient (Wildman–Crippen LogP) is 5.90. The van der Waals surface area contributed by atoms with Crippen LogP contribution in [0.2, 0.25) is 0 Å². The molecule has 2 aliphatic rings. The minimum atomic E-state index is -0.973. The second-order valence-electron chi connectivity index (χ2n) is 10.5. The normalized spacial score (nSPS) is 18.9. The Kier molecular flexibility index (Phi) is 9.42. The summed E-state index contributed by atoms with van der Waals surface area (Å²) in [7, 11) is 0. The monoisotopic (exact) mass is 600 g/mol. The molecule has 0 saturated carbocycles. The summed E-state index contributed by atoms with van der Waals surface area (Å²) >= 11 is 2.83. The zero-order valence-electron chi connectivity index (χ0n) is 23.2. The van der Waals surface area contributed by atoms with Crippen molar-refractivity contribution < 1.29 is 19.5 Å². The Morgan fingerprint density at radius 1 is 1.10 bits per heavy atom. The van der Waals surface area contributed by atoms with Gasteiger partial charge in [0.2, 0.25) is 11.8 Å². The maximum absolute atomic E-state index is 13.2. The highest BCUT2D eigenvalue weighted by molar-refractivity contribution is 8.00. The van der Waals surface area contributed by atoms with Gasteiger partial charge >= 0.3 is 5.97 Å². The molecule has 3 unspecified atom stereocenters. The number of thioether (sulfide) groups is 1. The summed E-state index contributed by atoms with van der Waals surface area (Å²) in [5.74, 6) is -2.88. The highest BCUT2D eigenvalue weighted by atomic mass is 32.2. The van der Waals surface area contributed by atoms with E-state index in [4.69, 9.17) is 0 Å². The third kappa shape index (κ3) is 6.93. The molecule has 0 radical (unpaired) electrons. The first kappa shape index (κ1) is 29.6. The molecule has 5 rings (SSSR count). The first-order valence-electron chi connectivity index (χ1n) is 13.9. The number of carboxylic acids is 1. The molecule has 216 valence electrons. The first-order chi connectivity index (χ1) is 20.3. The Morgan fingerprint density at radius 2 is 1.86 bits per heavy atom. The number of carbonyl (C=O) groups excluding carboxylic acids is 2. The summed E-state index contributed by atoms with van der Waals surface area (Å²) < 4.78 is 0. The number of amides is 2. The molecule has 3 atom stereocenters. The lowest BCUT2D eigenvalue weighted by atomic mass is 9.82. The quantitative estimate of drug-likeness (QED) is 0.206. The lowest BCUT2D eigenvalue weighted by Gasteiger charge is -2.26. The summed E-state index contributed by atoms with van der Waals surface area (Å²) in [4.78, 5) is 41.9. The number of benzene rings is 2. The van der Waals surface area contributed by atoms with Crippen molar-refractivity contribution in [3.05, 3.63) is 88.3 Å². The summed E-state index contributed by atoms with van der Waals surface area (Å²) in [6, 6.07) is 19.8. The van der Waals surface area contributed by atoms with E-state index in [9.17, 15) is 24.8 Å². The van der Waals surface area contributed by atoms with E-state index in [1.54, 1.807) is 31.2 Å². The third-order valence-corrected chi connectivity index (χ3v) is 9.83. The van der Waals surface area contributed by atoms with Gasteiger partial charge in [-0.2, -0.15) is 5.26 Å². The van der Waals surface area contributed by atoms with Gasteiger partial charge in [0.05, 0.1) is 22.6 Å². The van der Waals surface area contributed by atoms with Crippen LogP contribution >= 0.6 is 23.1 Å². The molecule has 1 aromatic heterocycles. The Hall–Kier alpha value is -3.91. The number of anilines is 2. The summed E-state index contributed by atoms with van der Waals surface area (Å²) in [6.45, 7) is 4.24. The molecule has 3 N–H and O–H groups in total. The first-order valence-corrected chi connectivity index (χ1v) is 15.6. The number of aliphatic carboxylic acids is 1. The van der Waals surface area contributed by atoms with Crippen molar-refractivity contribution >= 4 is 51.6 Å². The number of hydrogen-bond acceptors (Lipinski definition) is 7. The molecule has 0 saturated heterocycles. The van der Waals surface area contributed by atoms with E-state index in [0.717, 1.165) is 41.4 Å². The van der Waals surface area contributed by atoms with Crippen LogP contribution in [0.4, 0.5) is 10.7 Å². The lowest BCUT2D eigenvalue weighted by Crippen LogP contribution is -2.34. The number of nitrogens with one attached hydrogen (secondary N) is 2. The van der Waals surface area contributed by atoms with Gasteiger partial charge in [-0.25, -0.2) is 0 Å². The summed E-state index contributed by atoms with van der Waals surface area (Å²) in [5.41, 5.74) is 3.39. The number of carboxylic acid groups (broad SMARTS) is 1. The minimum absolute atomic E-state index is 0.205. The van der Waals surface area contributed by atoms with Gasteiger partial charge in [-0.1, -0.05) is 48.6 Å². The highest BCUT2D eigenvalue weighted by Gasteiger charge is 2.34. The molecular formula is C32H32N4O4S2. The highest BCUT2D eigenvalue weighted by Crippen LogP contribution is 2.38. The van der Waals surface area contributed by atoms with Gasteiger partial charge in [-0.3, -0.25) is 19.3 Å². The molecule has 0 spiro atoms. The summed E-state index contributed by atoms with van der Waals surface area (Å²) in [5, 5.41) is 25.4. The molecule has 42 heavy (non-hydrogen) atoms. The van der Waals surface area contributed by atoms with Gasteiger partial charge in [0, 0.05) is 35.1 Å². The third-order valence-electron chi connectivity index (χ3n) is 7.60. The maximum Gasteiger partial charge on any atom is 0.307 e. The van der Waals surface area contributed by atoms with Gasteiger partial charge < -0.3 is 15.7 Å². The van der Waals surface area contributed by atoms with Crippen LogP contribution in [0.25, 0.3) is 0 Å². The standard InChI is InChI=1S/C32H32N4O4S2/c1-20(41-23-11-7-10-22(16-23)34-30(38)25-12-5-6-13-26(25)32(39)40)29(37)35-31-27(17-33)24-14-15-36(19-28(24)42-31)18-21-8-3-2-4-9-21/h2-11,16,20,25-26H,12-15,18-19H2,1H3,(H,34,38)(H,35,37)(H,39,40). The average molecular weight is 601 g/mol. The smallest absolute Gasteiger partial charge is 0.307 e. The minimum Gasteiger partial charge on any atom is -0.481 e. The second-order valence-corrected chi connectivity index (χ2v) is 13.0. The van der Waals surface area contributed by atoms with Crippen molar-refractivity contribution in [2.45, 2.75) is 49.4 Å². The van der Waals surface area contributed by atoms with Crippen LogP contribution in [0.15, 0.2) is 71.6 Å². The number of allylic oxidation sites excluding steroid dienone is 2. The molecule has 0 bridgehead atoms. The van der Waals surface area contributed by atoms with Crippen molar-refractivity contribution in [2.24, 2.45) is 11.8 Å². The van der Waals surface area contributed by atoms with Crippen LogP contribution in [-0.4, -0.2) is 39.6 Å². The van der Waals surface area contributed by atoms with Crippen LogP contribution in [0.3, 0.4) is 0 Å². The Bertz CT molecular complexity index is 1550. The Labute approximate surface area is 253 Å². The van der Waals surface area contributed by atoms with E-state index in [2.05, 4.69) is 33.7 Å². The van der Waals surface area contributed by atoms with Crippen molar-refractivity contribution in [2.75, 3.05) is 17.2 Å². The predicted molar refractivity (Wildman–Crippen MR) is 165 cm³/mol. The number of carbonyl (C=O) groups is 3. The van der Waals surface area contributed by atoms with Crippen LogP contribution < -0.4 is 10.6 Å². The molecule has 2 aromatic carbocycles. The van der Waals surface area contributed by atoms with Crippen molar-refractivity contribution in [1.29, 1.82) is 5.26 Å². The Balaban J connectivity index is 1.20. The lowest BCUT2D eigenvalue weighted by molar-refractivity contribution is -0.146. The Morgan fingerprint density at radius 3 is 2.60 bits per heavy atom. The number of fused-ring (bicyclic) bond motifs is 1. The van der Waals surface area contributed by atoms with E-state index >= 15 is 0 Å². The fraction of sp³-hybridized carbons (Fsp3) is 0.312. The number of rotatable bonds is 9.